The molecule has 1 saturated heterocycles. The molecule has 126 valence electrons. The number of hydrogen-bond donors (Lipinski definition) is 1. The van der Waals surface area contributed by atoms with Gasteiger partial charge in [-0.3, -0.25) is 9.69 Å². The molecule has 0 aliphatic carbocycles. The second-order valence-electron chi connectivity index (χ2n) is 6.01. The Kier molecular flexibility index (Phi) is 5.23. The van der Waals surface area contributed by atoms with Crippen LogP contribution in [0.15, 0.2) is 48.5 Å². The Balaban J connectivity index is 1.58. The van der Waals surface area contributed by atoms with Crippen molar-refractivity contribution in [1.29, 1.82) is 0 Å². The van der Waals surface area contributed by atoms with E-state index in [-0.39, 0.29) is 17.8 Å². The van der Waals surface area contributed by atoms with Gasteiger partial charge in [-0.15, -0.1) is 0 Å². The lowest BCUT2D eigenvalue weighted by Crippen LogP contribution is -2.42. The Bertz CT molecular complexity index is 703. The summed E-state index contributed by atoms with van der Waals surface area (Å²) in [6.07, 6.45) is -0.134. The Morgan fingerprint density at radius 2 is 2.00 bits per heavy atom. The summed E-state index contributed by atoms with van der Waals surface area (Å²) in [7, 11) is 0. The minimum atomic E-state index is -0.260. The fourth-order valence-corrected chi connectivity index (χ4v) is 2.83. The first-order chi connectivity index (χ1) is 11.6. The molecule has 0 aromatic heterocycles. The molecule has 2 aromatic carbocycles. The van der Waals surface area contributed by atoms with E-state index in [1.54, 1.807) is 12.1 Å². The van der Waals surface area contributed by atoms with Gasteiger partial charge in [0, 0.05) is 18.8 Å². The molecule has 1 heterocycles. The maximum absolute atomic E-state index is 13.0. The average molecular weight is 328 g/mol. The van der Waals surface area contributed by atoms with Gasteiger partial charge in [-0.25, -0.2) is 4.39 Å². The van der Waals surface area contributed by atoms with Crippen LogP contribution < -0.4 is 5.32 Å². The van der Waals surface area contributed by atoms with E-state index in [1.807, 2.05) is 31.2 Å². The quantitative estimate of drug-likeness (QED) is 0.937. The van der Waals surface area contributed by atoms with Crippen molar-refractivity contribution in [3.63, 3.8) is 0 Å². The van der Waals surface area contributed by atoms with Crippen LogP contribution in [0, 0.1) is 12.7 Å². The molecule has 24 heavy (non-hydrogen) atoms. The fraction of sp³-hybridized carbons (Fsp3) is 0.316. The Morgan fingerprint density at radius 3 is 2.75 bits per heavy atom. The molecule has 0 unspecified atom stereocenters. The summed E-state index contributed by atoms with van der Waals surface area (Å²) < 4.78 is 18.8. The summed E-state index contributed by atoms with van der Waals surface area (Å²) in [6.45, 7) is 4.16. The smallest absolute Gasteiger partial charge is 0.238 e. The summed E-state index contributed by atoms with van der Waals surface area (Å²) in [5.41, 5.74) is 2.81. The molecule has 1 aliphatic heterocycles. The van der Waals surface area contributed by atoms with E-state index >= 15 is 0 Å². The molecule has 1 atom stereocenters. The summed E-state index contributed by atoms with van der Waals surface area (Å²) in [6, 6.07) is 14.0. The van der Waals surface area contributed by atoms with Crippen molar-refractivity contribution in [3.05, 3.63) is 65.5 Å². The fourth-order valence-electron chi connectivity index (χ4n) is 2.83. The molecule has 1 N–H and O–H groups in total. The number of carbonyl (C=O) groups excluding carboxylic acids is 1. The topological polar surface area (TPSA) is 41.6 Å². The first-order valence-corrected chi connectivity index (χ1v) is 8.07. The van der Waals surface area contributed by atoms with Gasteiger partial charge in [0.1, 0.15) is 5.82 Å². The van der Waals surface area contributed by atoms with Gasteiger partial charge in [-0.2, -0.15) is 0 Å². The zero-order valence-corrected chi connectivity index (χ0v) is 13.7. The van der Waals surface area contributed by atoms with Crippen LogP contribution in [0.1, 0.15) is 17.2 Å². The minimum absolute atomic E-state index is 0.0379. The molecule has 3 rings (SSSR count). The van der Waals surface area contributed by atoms with Gasteiger partial charge < -0.3 is 10.1 Å². The van der Waals surface area contributed by atoms with Crippen LogP contribution in [-0.4, -0.2) is 37.0 Å². The summed E-state index contributed by atoms with van der Waals surface area (Å²) >= 11 is 0. The third-order valence-corrected chi connectivity index (χ3v) is 4.18. The van der Waals surface area contributed by atoms with E-state index in [2.05, 4.69) is 10.2 Å². The van der Waals surface area contributed by atoms with Crippen molar-refractivity contribution in [2.24, 2.45) is 0 Å². The van der Waals surface area contributed by atoms with Gasteiger partial charge in [0.15, 0.2) is 0 Å². The number of anilines is 1. The largest absolute Gasteiger partial charge is 0.371 e. The number of nitrogens with one attached hydrogen (secondary N) is 1. The van der Waals surface area contributed by atoms with E-state index in [4.69, 9.17) is 4.74 Å². The molecule has 0 spiro atoms. The van der Waals surface area contributed by atoms with Gasteiger partial charge in [-0.1, -0.05) is 30.3 Å². The Labute approximate surface area is 141 Å². The molecule has 0 saturated carbocycles. The van der Waals surface area contributed by atoms with Crippen molar-refractivity contribution in [1.82, 2.24) is 4.90 Å². The molecule has 0 radical (unpaired) electrons. The highest BCUT2D eigenvalue weighted by Gasteiger charge is 2.23. The molecule has 0 bridgehead atoms. The highest BCUT2D eigenvalue weighted by Crippen LogP contribution is 2.22. The van der Waals surface area contributed by atoms with Crippen LogP contribution in [0.25, 0.3) is 0 Å². The number of halogens is 1. The van der Waals surface area contributed by atoms with Crippen molar-refractivity contribution in [3.8, 4) is 0 Å². The maximum Gasteiger partial charge on any atom is 0.238 e. The second kappa shape index (κ2) is 7.55. The number of nitrogens with zero attached hydrogens (tertiary/aromatic N) is 1. The maximum atomic E-state index is 13.0. The molecule has 5 heteroatoms. The second-order valence-corrected chi connectivity index (χ2v) is 6.01. The zero-order valence-electron chi connectivity index (χ0n) is 13.7. The molecule has 4 nitrogen and oxygen atoms in total. The van der Waals surface area contributed by atoms with E-state index in [9.17, 15) is 9.18 Å². The third kappa shape index (κ3) is 4.19. The highest BCUT2D eigenvalue weighted by molar-refractivity contribution is 5.92. The van der Waals surface area contributed by atoms with Crippen molar-refractivity contribution >= 4 is 11.6 Å². The van der Waals surface area contributed by atoms with Gasteiger partial charge in [0.25, 0.3) is 0 Å². The summed E-state index contributed by atoms with van der Waals surface area (Å²) in [4.78, 5) is 14.3. The lowest BCUT2D eigenvalue weighted by molar-refractivity contribution is -0.119. The number of morpholine rings is 1. The summed E-state index contributed by atoms with van der Waals surface area (Å²) in [5.74, 6) is -0.298. The van der Waals surface area contributed by atoms with E-state index < -0.39 is 0 Å². The van der Waals surface area contributed by atoms with E-state index in [0.717, 1.165) is 16.8 Å². The molecule has 1 fully saturated rings. The minimum Gasteiger partial charge on any atom is -0.371 e. The average Bonchev–Trinajstić information content (AvgIpc) is 2.58. The van der Waals surface area contributed by atoms with Gasteiger partial charge in [-0.05, 0) is 36.2 Å². The number of aryl methyl sites for hydroxylation is 1. The SMILES string of the molecule is Cc1ccccc1NC(=O)CN1CCO[C@@H](c2ccc(F)cc2)C1. The van der Waals surface area contributed by atoms with Gasteiger partial charge in [0.2, 0.25) is 5.91 Å². The van der Waals surface area contributed by atoms with Crippen LogP contribution in [0.2, 0.25) is 0 Å². The van der Waals surface area contributed by atoms with Crippen LogP contribution >= 0.6 is 0 Å². The van der Waals surface area contributed by atoms with Crippen molar-refractivity contribution in [2.45, 2.75) is 13.0 Å². The summed E-state index contributed by atoms with van der Waals surface area (Å²) in [5, 5.41) is 2.95. The van der Waals surface area contributed by atoms with Gasteiger partial charge >= 0.3 is 0 Å². The van der Waals surface area contributed by atoms with Crippen molar-refractivity contribution in [2.75, 3.05) is 31.6 Å². The van der Waals surface area contributed by atoms with E-state index in [1.165, 1.54) is 12.1 Å². The number of ether oxygens (including phenoxy) is 1. The van der Waals surface area contributed by atoms with Crippen LogP contribution in [-0.2, 0) is 9.53 Å². The van der Waals surface area contributed by atoms with Crippen LogP contribution in [0.3, 0.4) is 0 Å². The Hall–Kier alpha value is -2.24. The van der Waals surface area contributed by atoms with Crippen LogP contribution in [0.5, 0.6) is 0 Å². The highest BCUT2D eigenvalue weighted by atomic mass is 19.1. The first kappa shape index (κ1) is 16.6. The third-order valence-electron chi connectivity index (χ3n) is 4.18. The monoisotopic (exact) mass is 328 g/mol. The first-order valence-electron chi connectivity index (χ1n) is 8.07. The number of benzene rings is 2. The normalized spacial score (nSPS) is 18.3. The standard InChI is InChI=1S/C19H21FN2O2/c1-14-4-2-3-5-17(14)21-19(23)13-22-10-11-24-18(12-22)15-6-8-16(20)9-7-15/h2-9,18H,10-13H2,1H3,(H,21,23)/t18-/m1/s1. The molecule has 1 amide bonds. The van der Waals surface area contributed by atoms with Crippen LogP contribution in [0.4, 0.5) is 10.1 Å². The predicted molar refractivity (Wildman–Crippen MR) is 91.3 cm³/mol. The Morgan fingerprint density at radius 1 is 1.25 bits per heavy atom. The molecule has 1 aliphatic rings. The number of amides is 1. The number of rotatable bonds is 4. The molecular formula is C19H21FN2O2. The van der Waals surface area contributed by atoms with Crippen molar-refractivity contribution < 1.29 is 13.9 Å². The van der Waals surface area contributed by atoms with Gasteiger partial charge in [0.05, 0.1) is 19.3 Å². The molecule has 2 aromatic rings. The predicted octanol–water partition coefficient (Wildman–Crippen LogP) is 3.15. The lowest BCUT2D eigenvalue weighted by atomic mass is 10.1. The number of carbonyl (C=O) groups is 1. The zero-order chi connectivity index (χ0) is 16.9. The lowest BCUT2D eigenvalue weighted by Gasteiger charge is -2.32. The molecular weight excluding hydrogens is 307 g/mol. The number of para-hydroxylation sites is 1. The number of hydrogen-bond acceptors (Lipinski definition) is 3. The van der Waals surface area contributed by atoms with E-state index in [0.29, 0.717) is 26.2 Å².